The Labute approximate surface area is 163 Å². The quantitative estimate of drug-likeness (QED) is 0.728. The third-order valence-corrected chi connectivity index (χ3v) is 5.50. The molecule has 5 nitrogen and oxygen atoms in total. The van der Waals surface area contributed by atoms with Gasteiger partial charge in [-0.25, -0.2) is 4.99 Å². The Morgan fingerprint density at radius 2 is 1.85 bits per heavy atom. The fourth-order valence-corrected chi connectivity index (χ4v) is 3.70. The second kappa shape index (κ2) is 7.88. The number of carbonyl (C=O) groups is 1. The van der Waals surface area contributed by atoms with E-state index in [2.05, 4.69) is 18.8 Å². The Morgan fingerprint density at radius 1 is 1.07 bits per heavy atom. The molecule has 0 aliphatic carbocycles. The Bertz CT molecular complexity index is 950. The van der Waals surface area contributed by atoms with E-state index in [1.807, 2.05) is 42.5 Å². The first-order valence-electron chi connectivity index (χ1n) is 8.49. The van der Waals surface area contributed by atoms with Crippen LogP contribution in [0.5, 0.6) is 11.5 Å². The number of nitrogens with zero attached hydrogens (tertiary/aromatic N) is 2. The zero-order valence-electron chi connectivity index (χ0n) is 16.1. The van der Waals surface area contributed by atoms with Crippen LogP contribution in [0.25, 0.3) is 6.08 Å². The molecule has 1 heterocycles. The number of rotatable bonds is 4. The Hall–Kier alpha value is -2.73. The van der Waals surface area contributed by atoms with E-state index in [0.717, 1.165) is 11.3 Å². The van der Waals surface area contributed by atoms with Crippen LogP contribution in [0.15, 0.2) is 46.3 Å². The van der Waals surface area contributed by atoms with Crippen LogP contribution in [0.2, 0.25) is 0 Å². The van der Waals surface area contributed by atoms with Gasteiger partial charge in [0.1, 0.15) is 0 Å². The fourth-order valence-electron chi connectivity index (χ4n) is 2.72. The number of likely N-dealkylation sites (N-methyl/N-ethyl adjacent to an activating group) is 1. The van der Waals surface area contributed by atoms with Crippen LogP contribution >= 0.6 is 11.8 Å². The van der Waals surface area contributed by atoms with Gasteiger partial charge in [-0.15, -0.1) is 0 Å². The highest BCUT2D eigenvalue weighted by atomic mass is 32.2. The summed E-state index contributed by atoms with van der Waals surface area (Å²) in [4.78, 5) is 19.5. The molecule has 1 aliphatic rings. The predicted octanol–water partition coefficient (Wildman–Crippen LogP) is 4.55. The van der Waals surface area contributed by atoms with Gasteiger partial charge in [-0.05, 0) is 61.0 Å². The van der Waals surface area contributed by atoms with Crippen molar-refractivity contribution < 1.29 is 14.3 Å². The van der Waals surface area contributed by atoms with E-state index >= 15 is 0 Å². The normalized spacial score (nSPS) is 17.1. The first-order valence-corrected chi connectivity index (χ1v) is 9.30. The van der Waals surface area contributed by atoms with E-state index in [0.29, 0.717) is 21.6 Å². The largest absolute Gasteiger partial charge is 0.493 e. The number of amidine groups is 1. The van der Waals surface area contributed by atoms with Crippen LogP contribution in [0, 0.1) is 13.8 Å². The molecule has 140 valence electrons. The number of thioether (sulfide) groups is 1. The topological polar surface area (TPSA) is 51.1 Å². The molecule has 2 aromatic rings. The smallest absolute Gasteiger partial charge is 0.266 e. The van der Waals surface area contributed by atoms with Gasteiger partial charge in [-0.1, -0.05) is 18.2 Å². The van der Waals surface area contributed by atoms with Crippen molar-refractivity contribution in [1.29, 1.82) is 0 Å². The number of carbonyl (C=O) groups excluding carboxylic acids is 1. The highest BCUT2D eigenvalue weighted by Crippen LogP contribution is 2.37. The maximum atomic E-state index is 12.7. The van der Waals surface area contributed by atoms with Crippen molar-refractivity contribution in [3.63, 3.8) is 0 Å². The van der Waals surface area contributed by atoms with Crippen molar-refractivity contribution in [3.05, 3.63) is 58.0 Å². The Kier molecular flexibility index (Phi) is 5.56. The fraction of sp³-hybridized carbons (Fsp3) is 0.238. The summed E-state index contributed by atoms with van der Waals surface area (Å²) in [6.45, 7) is 4.12. The molecule has 0 aromatic heterocycles. The molecular weight excluding hydrogens is 360 g/mol. The van der Waals surface area contributed by atoms with Crippen LogP contribution in [0.4, 0.5) is 5.69 Å². The SMILES string of the molecule is COc1cccc(/C=C2\SC(=Nc3ccc(C)c(C)c3)N(C)C2=O)c1OC. The predicted molar refractivity (Wildman–Crippen MR) is 111 cm³/mol. The Morgan fingerprint density at radius 3 is 2.52 bits per heavy atom. The minimum atomic E-state index is -0.0903. The summed E-state index contributed by atoms with van der Waals surface area (Å²) < 4.78 is 10.8. The van der Waals surface area contributed by atoms with Gasteiger partial charge in [0.15, 0.2) is 16.7 Å². The molecule has 0 saturated carbocycles. The number of ether oxygens (including phenoxy) is 2. The standard InChI is InChI=1S/C21H22N2O3S/c1-13-9-10-16(11-14(13)2)22-21-23(3)20(24)18(27-21)12-15-7-6-8-17(25-4)19(15)26-5/h6-12H,1-5H3/b18-12-,22-21?. The van der Waals surface area contributed by atoms with E-state index in [1.165, 1.54) is 22.9 Å². The lowest BCUT2D eigenvalue weighted by atomic mass is 10.1. The molecule has 6 heteroatoms. The summed E-state index contributed by atoms with van der Waals surface area (Å²) in [6.07, 6.45) is 1.81. The molecule has 1 aliphatic heterocycles. The van der Waals surface area contributed by atoms with E-state index in [9.17, 15) is 4.79 Å². The number of methoxy groups -OCH3 is 2. The molecule has 0 atom stereocenters. The summed E-state index contributed by atoms with van der Waals surface area (Å²) in [5.41, 5.74) is 4.01. The van der Waals surface area contributed by atoms with Gasteiger partial charge >= 0.3 is 0 Å². The van der Waals surface area contributed by atoms with Crippen LogP contribution in [-0.2, 0) is 4.79 Å². The molecule has 3 rings (SSSR count). The maximum absolute atomic E-state index is 12.7. The van der Waals surface area contributed by atoms with Crippen molar-refractivity contribution >= 4 is 34.6 Å². The highest BCUT2D eigenvalue weighted by molar-refractivity contribution is 8.18. The van der Waals surface area contributed by atoms with Crippen molar-refractivity contribution in [2.24, 2.45) is 4.99 Å². The lowest BCUT2D eigenvalue weighted by Gasteiger charge is -2.10. The summed E-state index contributed by atoms with van der Waals surface area (Å²) in [6, 6.07) is 11.6. The van der Waals surface area contributed by atoms with Crippen LogP contribution in [0.1, 0.15) is 16.7 Å². The molecule has 1 amide bonds. The van der Waals surface area contributed by atoms with E-state index in [1.54, 1.807) is 26.2 Å². The molecule has 2 aromatic carbocycles. The minimum absolute atomic E-state index is 0.0903. The number of aliphatic imine (C=N–C) groups is 1. The van der Waals surface area contributed by atoms with Gasteiger partial charge in [0, 0.05) is 12.6 Å². The van der Waals surface area contributed by atoms with Gasteiger partial charge in [0.05, 0.1) is 24.8 Å². The average Bonchev–Trinajstić information content (AvgIpc) is 2.92. The van der Waals surface area contributed by atoms with Gasteiger partial charge in [-0.3, -0.25) is 9.69 Å². The molecule has 0 unspecified atom stereocenters. The highest BCUT2D eigenvalue weighted by Gasteiger charge is 2.30. The second-order valence-corrected chi connectivity index (χ2v) is 7.23. The van der Waals surface area contributed by atoms with Gasteiger partial charge in [-0.2, -0.15) is 0 Å². The summed E-state index contributed by atoms with van der Waals surface area (Å²) >= 11 is 1.35. The molecule has 0 spiro atoms. The van der Waals surface area contributed by atoms with Crippen LogP contribution in [-0.4, -0.2) is 37.2 Å². The number of aryl methyl sites for hydroxylation is 2. The zero-order valence-corrected chi connectivity index (χ0v) is 16.9. The first kappa shape index (κ1) is 19.0. The number of benzene rings is 2. The van der Waals surface area contributed by atoms with Gasteiger partial charge < -0.3 is 9.47 Å². The molecule has 27 heavy (non-hydrogen) atoms. The maximum Gasteiger partial charge on any atom is 0.266 e. The summed E-state index contributed by atoms with van der Waals surface area (Å²) in [5.74, 6) is 1.13. The van der Waals surface area contributed by atoms with Gasteiger partial charge in [0.2, 0.25) is 0 Å². The van der Waals surface area contributed by atoms with Crippen molar-refractivity contribution in [2.45, 2.75) is 13.8 Å². The van der Waals surface area contributed by atoms with Crippen LogP contribution < -0.4 is 9.47 Å². The van der Waals surface area contributed by atoms with E-state index < -0.39 is 0 Å². The minimum Gasteiger partial charge on any atom is -0.493 e. The molecule has 1 saturated heterocycles. The third-order valence-electron chi connectivity index (χ3n) is 4.44. The lowest BCUT2D eigenvalue weighted by molar-refractivity contribution is -0.121. The first-order chi connectivity index (χ1) is 12.9. The van der Waals surface area contributed by atoms with Crippen molar-refractivity contribution in [3.8, 4) is 11.5 Å². The molecule has 1 fully saturated rings. The van der Waals surface area contributed by atoms with Crippen LogP contribution in [0.3, 0.4) is 0 Å². The number of para-hydroxylation sites is 1. The number of hydrogen-bond acceptors (Lipinski definition) is 5. The summed E-state index contributed by atoms with van der Waals surface area (Å²) in [5, 5.41) is 0.649. The number of hydrogen-bond donors (Lipinski definition) is 0. The molecule has 0 radical (unpaired) electrons. The zero-order chi connectivity index (χ0) is 19.6. The molecular formula is C21H22N2O3S. The molecule has 0 N–H and O–H groups in total. The monoisotopic (exact) mass is 382 g/mol. The van der Waals surface area contributed by atoms with Crippen molar-refractivity contribution in [1.82, 2.24) is 4.90 Å². The molecule has 0 bridgehead atoms. The lowest BCUT2D eigenvalue weighted by Crippen LogP contribution is -2.23. The third kappa shape index (κ3) is 3.85. The Balaban J connectivity index is 1.95. The van der Waals surface area contributed by atoms with E-state index in [-0.39, 0.29) is 5.91 Å². The van der Waals surface area contributed by atoms with E-state index in [4.69, 9.17) is 9.47 Å². The summed E-state index contributed by atoms with van der Waals surface area (Å²) in [7, 11) is 4.91. The second-order valence-electron chi connectivity index (χ2n) is 6.22. The number of amides is 1. The van der Waals surface area contributed by atoms with Crippen molar-refractivity contribution in [2.75, 3.05) is 21.3 Å². The van der Waals surface area contributed by atoms with Gasteiger partial charge in [0.25, 0.3) is 5.91 Å². The average molecular weight is 382 g/mol.